The fourth-order valence-corrected chi connectivity index (χ4v) is 3.26. The van der Waals surface area contributed by atoms with Crippen molar-refractivity contribution in [3.05, 3.63) is 32.4 Å². The molecule has 1 aliphatic rings. The molecule has 1 aromatic rings. The van der Waals surface area contributed by atoms with E-state index in [4.69, 9.17) is 11.6 Å². The van der Waals surface area contributed by atoms with Crippen molar-refractivity contribution in [3.63, 3.8) is 0 Å². The molecule has 0 spiro atoms. The van der Waals surface area contributed by atoms with Crippen molar-refractivity contribution in [2.75, 3.05) is 19.7 Å². The zero-order valence-electron chi connectivity index (χ0n) is 10.1. The van der Waals surface area contributed by atoms with Gasteiger partial charge in [0.25, 0.3) is 5.91 Å². The van der Waals surface area contributed by atoms with Crippen molar-refractivity contribution in [2.24, 2.45) is 5.41 Å². The van der Waals surface area contributed by atoms with Crippen molar-refractivity contribution < 1.29 is 9.90 Å². The lowest BCUT2D eigenvalue weighted by Crippen LogP contribution is -2.32. The summed E-state index contributed by atoms with van der Waals surface area (Å²) in [4.78, 5) is 14.2. The molecule has 1 aliphatic heterocycles. The average Bonchev–Trinajstić information content (AvgIpc) is 2.72. The number of hydrogen-bond donors (Lipinski definition) is 1. The van der Waals surface area contributed by atoms with Crippen molar-refractivity contribution >= 4 is 40.1 Å². The van der Waals surface area contributed by atoms with Crippen molar-refractivity contribution in [1.82, 2.24) is 4.90 Å². The summed E-state index contributed by atoms with van der Waals surface area (Å²) in [5.41, 5.74) is 0.523. The van der Waals surface area contributed by atoms with E-state index in [2.05, 4.69) is 22.6 Å². The molecule has 0 saturated carbocycles. The molecule has 0 aromatic heterocycles. The highest BCUT2D eigenvalue weighted by Crippen LogP contribution is 2.31. The first kappa shape index (κ1) is 14.1. The van der Waals surface area contributed by atoms with Gasteiger partial charge in [-0.25, -0.2) is 0 Å². The average molecular weight is 380 g/mol. The Hall–Kier alpha value is -0.330. The molecule has 0 radical (unpaired) electrons. The zero-order chi connectivity index (χ0) is 13.3. The molecule has 1 heterocycles. The number of likely N-dealkylation sites (tertiary alicyclic amines) is 1. The number of hydrogen-bond acceptors (Lipinski definition) is 2. The molecule has 5 heteroatoms. The number of amides is 1. The van der Waals surface area contributed by atoms with Crippen LogP contribution in [0.1, 0.15) is 23.7 Å². The molecular formula is C13H15ClINO2. The number of carbonyl (C=O) groups is 1. The Bertz CT molecular complexity index is 480. The number of aliphatic hydroxyl groups excluding tert-OH is 1. The summed E-state index contributed by atoms with van der Waals surface area (Å²) >= 11 is 8.01. The third-order valence-corrected chi connectivity index (χ3v) is 4.52. The molecule has 0 aliphatic carbocycles. The summed E-state index contributed by atoms with van der Waals surface area (Å²) in [7, 11) is 0. The van der Waals surface area contributed by atoms with Gasteiger partial charge in [-0.1, -0.05) is 18.5 Å². The Kier molecular flexibility index (Phi) is 4.18. The molecule has 98 valence electrons. The monoisotopic (exact) mass is 379 g/mol. The Balaban J connectivity index is 2.18. The predicted octanol–water partition coefficient (Wildman–Crippen LogP) is 2.79. The number of rotatable bonds is 2. The minimum atomic E-state index is -0.159. The molecule has 3 nitrogen and oxygen atoms in total. The number of halogens is 2. The van der Waals surface area contributed by atoms with E-state index in [0.29, 0.717) is 23.7 Å². The van der Waals surface area contributed by atoms with Gasteiger partial charge in [0.15, 0.2) is 0 Å². The molecule has 1 saturated heterocycles. The largest absolute Gasteiger partial charge is 0.396 e. The van der Waals surface area contributed by atoms with E-state index in [1.165, 1.54) is 0 Å². The van der Waals surface area contributed by atoms with Crippen molar-refractivity contribution in [1.29, 1.82) is 0 Å². The molecule has 1 N–H and O–H groups in total. The van der Waals surface area contributed by atoms with E-state index in [1.807, 2.05) is 11.8 Å². The molecule has 1 amide bonds. The van der Waals surface area contributed by atoms with Gasteiger partial charge in [0.05, 0.1) is 12.2 Å². The summed E-state index contributed by atoms with van der Waals surface area (Å²) in [5, 5.41) is 9.97. The Morgan fingerprint density at radius 1 is 1.61 bits per heavy atom. The molecule has 2 rings (SSSR count). The summed E-state index contributed by atoms with van der Waals surface area (Å²) in [5.74, 6) is 0.0215. The first-order valence-electron chi connectivity index (χ1n) is 5.80. The van der Waals surface area contributed by atoms with E-state index < -0.39 is 0 Å². The quantitative estimate of drug-likeness (QED) is 0.803. The van der Waals surface area contributed by atoms with Crippen LogP contribution in [0.15, 0.2) is 18.2 Å². The molecule has 0 bridgehead atoms. The SMILES string of the molecule is C[C@]1(CO)CCN(C(=O)c2ccc(Cl)cc2I)C1. The van der Waals surface area contributed by atoms with Gasteiger partial charge in [0, 0.05) is 27.1 Å². The number of carbonyl (C=O) groups excluding carboxylic acids is 1. The minimum Gasteiger partial charge on any atom is -0.396 e. The van der Waals surface area contributed by atoms with Gasteiger partial charge < -0.3 is 10.0 Å². The van der Waals surface area contributed by atoms with Crippen LogP contribution < -0.4 is 0 Å². The summed E-state index contributed by atoms with van der Waals surface area (Å²) in [6.45, 7) is 3.44. The van der Waals surface area contributed by atoms with E-state index in [9.17, 15) is 9.90 Å². The molecule has 1 fully saturated rings. The van der Waals surface area contributed by atoms with Crippen LogP contribution in [0, 0.1) is 8.99 Å². The molecule has 18 heavy (non-hydrogen) atoms. The van der Waals surface area contributed by atoms with Gasteiger partial charge >= 0.3 is 0 Å². The summed E-state index contributed by atoms with van der Waals surface area (Å²) < 4.78 is 0.864. The van der Waals surface area contributed by atoms with Crippen LogP contribution in [-0.4, -0.2) is 35.6 Å². The first-order chi connectivity index (χ1) is 8.45. The third-order valence-electron chi connectivity index (χ3n) is 3.39. The smallest absolute Gasteiger partial charge is 0.254 e. The second-order valence-electron chi connectivity index (χ2n) is 5.07. The fraction of sp³-hybridized carbons (Fsp3) is 0.462. The second kappa shape index (κ2) is 5.35. The summed E-state index contributed by atoms with van der Waals surface area (Å²) in [6, 6.07) is 5.29. The van der Waals surface area contributed by atoms with Gasteiger partial charge in [-0.2, -0.15) is 0 Å². The second-order valence-corrected chi connectivity index (χ2v) is 6.67. The van der Waals surface area contributed by atoms with Crippen LogP contribution >= 0.6 is 34.2 Å². The minimum absolute atomic E-state index is 0.0215. The molecule has 1 aromatic carbocycles. The van der Waals surface area contributed by atoms with E-state index in [-0.39, 0.29) is 17.9 Å². The maximum Gasteiger partial charge on any atom is 0.254 e. The highest BCUT2D eigenvalue weighted by Gasteiger charge is 2.36. The van der Waals surface area contributed by atoms with Gasteiger partial charge in [0.1, 0.15) is 0 Å². The first-order valence-corrected chi connectivity index (χ1v) is 7.26. The Morgan fingerprint density at radius 2 is 2.33 bits per heavy atom. The van der Waals surface area contributed by atoms with Crippen molar-refractivity contribution in [2.45, 2.75) is 13.3 Å². The predicted molar refractivity (Wildman–Crippen MR) is 79.9 cm³/mol. The van der Waals surface area contributed by atoms with Crippen LogP contribution in [-0.2, 0) is 0 Å². The van der Waals surface area contributed by atoms with Crippen LogP contribution in [0.3, 0.4) is 0 Å². The van der Waals surface area contributed by atoms with E-state index >= 15 is 0 Å². The number of nitrogens with zero attached hydrogens (tertiary/aromatic N) is 1. The summed E-state index contributed by atoms with van der Waals surface area (Å²) in [6.07, 6.45) is 0.847. The van der Waals surface area contributed by atoms with Crippen LogP contribution in [0.25, 0.3) is 0 Å². The lowest BCUT2D eigenvalue weighted by molar-refractivity contribution is 0.0752. The van der Waals surface area contributed by atoms with Gasteiger partial charge in [-0.05, 0) is 47.2 Å². The van der Waals surface area contributed by atoms with Gasteiger partial charge in [-0.15, -0.1) is 0 Å². The van der Waals surface area contributed by atoms with E-state index in [1.54, 1.807) is 18.2 Å². The van der Waals surface area contributed by atoms with Crippen LogP contribution in [0.5, 0.6) is 0 Å². The topological polar surface area (TPSA) is 40.5 Å². The Morgan fingerprint density at radius 3 is 2.89 bits per heavy atom. The van der Waals surface area contributed by atoms with Crippen LogP contribution in [0.2, 0.25) is 5.02 Å². The molecular weight excluding hydrogens is 365 g/mol. The van der Waals surface area contributed by atoms with E-state index in [0.717, 1.165) is 9.99 Å². The maximum absolute atomic E-state index is 12.4. The highest BCUT2D eigenvalue weighted by atomic mass is 127. The van der Waals surface area contributed by atoms with Gasteiger partial charge in [-0.3, -0.25) is 4.79 Å². The number of aliphatic hydroxyl groups is 1. The molecule has 0 unspecified atom stereocenters. The highest BCUT2D eigenvalue weighted by molar-refractivity contribution is 14.1. The Labute approximate surface area is 125 Å². The van der Waals surface area contributed by atoms with Crippen molar-refractivity contribution in [3.8, 4) is 0 Å². The van der Waals surface area contributed by atoms with Gasteiger partial charge in [0.2, 0.25) is 0 Å². The zero-order valence-corrected chi connectivity index (χ0v) is 13.0. The number of benzene rings is 1. The fourth-order valence-electron chi connectivity index (χ4n) is 2.16. The lowest BCUT2D eigenvalue weighted by Gasteiger charge is -2.22. The van der Waals surface area contributed by atoms with Crippen LogP contribution in [0.4, 0.5) is 0 Å². The molecule has 1 atom stereocenters. The lowest BCUT2D eigenvalue weighted by atomic mass is 9.91. The standard InChI is InChI=1S/C13H15ClINO2/c1-13(8-17)4-5-16(7-13)12(18)10-3-2-9(14)6-11(10)15/h2-3,6,17H,4-5,7-8H2,1H3/t13-/m0/s1. The third kappa shape index (κ3) is 2.81. The maximum atomic E-state index is 12.4. The normalized spacial score (nSPS) is 23.4.